The number of hydrogen-bond donors (Lipinski definition) is 1. The molecule has 3 unspecified atom stereocenters. The van der Waals surface area contributed by atoms with Gasteiger partial charge in [-0.2, -0.15) is 4.31 Å². The molecule has 0 aromatic heterocycles. The number of methoxy groups -OCH3 is 1. The molecule has 2 fully saturated rings. The summed E-state index contributed by atoms with van der Waals surface area (Å²) in [6.45, 7) is 1.48. The lowest BCUT2D eigenvalue weighted by Gasteiger charge is -2.37. The second kappa shape index (κ2) is 10.2. The van der Waals surface area contributed by atoms with Gasteiger partial charge in [0.2, 0.25) is 10.0 Å². The predicted octanol–water partition coefficient (Wildman–Crippen LogP) is 5.83. The molecule has 0 saturated carbocycles. The molecule has 2 bridgehead atoms. The van der Waals surface area contributed by atoms with Crippen molar-refractivity contribution >= 4 is 15.7 Å². The third-order valence-electron chi connectivity index (χ3n) is 7.10. The minimum Gasteiger partial charge on any atom is -0.496 e. The van der Waals surface area contributed by atoms with Gasteiger partial charge in [0.15, 0.2) is 0 Å². The summed E-state index contributed by atoms with van der Waals surface area (Å²) < 4.78 is 75.4. The van der Waals surface area contributed by atoms with Gasteiger partial charge in [-0.25, -0.2) is 17.2 Å². The number of fused-ring (bicyclic) bond motifs is 2. The Morgan fingerprint density at radius 2 is 1.82 bits per heavy atom. The molecule has 34 heavy (non-hydrogen) atoms. The van der Waals surface area contributed by atoms with Gasteiger partial charge in [-0.3, -0.25) is 4.39 Å². The summed E-state index contributed by atoms with van der Waals surface area (Å²) in [4.78, 5) is -0.0900. The number of sulfonamides is 1. The highest BCUT2D eigenvalue weighted by Gasteiger charge is 2.47. The zero-order chi connectivity index (χ0) is 24.5. The zero-order valence-electron chi connectivity index (χ0n) is 19.4. The topological polar surface area (TPSA) is 58.6 Å². The van der Waals surface area contributed by atoms with Crippen LogP contribution in [0.1, 0.15) is 57.1 Å². The maximum Gasteiger partial charge on any atom is 0.243 e. The van der Waals surface area contributed by atoms with Crippen LogP contribution in [0, 0.1) is 17.6 Å². The average molecular weight is 497 g/mol. The van der Waals surface area contributed by atoms with Crippen molar-refractivity contribution in [2.75, 3.05) is 19.1 Å². The van der Waals surface area contributed by atoms with Crippen LogP contribution in [0.15, 0.2) is 41.3 Å². The Bertz CT molecular complexity index is 1110. The normalized spacial score (nSPS) is 23.6. The fraction of sp³-hybridized carbons (Fsp3) is 0.520. The Hall–Kier alpha value is -2.26. The van der Waals surface area contributed by atoms with E-state index in [0.717, 1.165) is 18.9 Å². The van der Waals surface area contributed by atoms with E-state index in [9.17, 15) is 17.2 Å². The first kappa shape index (κ1) is 24.9. The number of anilines is 1. The van der Waals surface area contributed by atoms with E-state index in [-0.39, 0.29) is 28.6 Å². The SMILES string of the molecule is CCC(Nc1ccc(S(=O)(=O)N2C3CCC2CC(CCF)C3)cc1F)c1cc(F)ccc1OC. The van der Waals surface area contributed by atoms with Crippen LogP contribution in [0.25, 0.3) is 0 Å². The fourth-order valence-electron chi connectivity index (χ4n) is 5.49. The van der Waals surface area contributed by atoms with Crippen molar-refractivity contribution < 1.29 is 26.3 Å². The van der Waals surface area contributed by atoms with Crippen LogP contribution in [0.2, 0.25) is 0 Å². The fourth-order valence-corrected chi connectivity index (χ4v) is 7.39. The smallest absolute Gasteiger partial charge is 0.243 e. The van der Waals surface area contributed by atoms with Gasteiger partial charge in [-0.15, -0.1) is 0 Å². The molecule has 2 aliphatic heterocycles. The Kier molecular flexibility index (Phi) is 7.42. The average Bonchev–Trinajstić information content (AvgIpc) is 3.10. The Morgan fingerprint density at radius 1 is 1.12 bits per heavy atom. The number of nitrogens with zero attached hydrogens (tertiary/aromatic N) is 1. The van der Waals surface area contributed by atoms with E-state index in [4.69, 9.17) is 4.74 Å². The molecule has 2 aliphatic rings. The lowest BCUT2D eigenvalue weighted by molar-refractivity contribution is 0.176. The first-order valence-electron chi connectivity index (χ1n) is 11.8. The van der Waals surface area contributed by atoms with Crippen LogP contribution in [0.4, 0.5) is 18.9 Å². The maximum absolute atomic E-state index is 15.1. The molecule has 2 aromatic rings. The number of ether oxygens (including phenoxy) is 1. The summed E-state index contributed by atoms with van der Waals surface area (Å²) in [7, 11) is -2.39. The van der Waals surface area contributed by atoms with E-state index in [1.165, 1.54) is 41.7 Å². The van der Waals surface area contributed by atoms with Gasteiger partial charge in [0.05, 0.1) is 30.4 Å². The Morgan fingerprint density at radius 3 is 2.41 bits per heavy atom. The first-order valence-corrected chi connectivity index (χ1v) is 13.2. The summed E-state index contributed by atoms with van der Waals surface area (Å²) in [6, 6.07) is 7.26. The van der Waals surface area contributed by atoms with E-state index in [1.54, 1.807) is 0 Å². The van der Waals surface area contributed by atoms with E-state index in [0.29, 0.717) is 37.0 Å². The molecule has 2 heterocycles. The maximum atomic E-state index is 15.1. The van der Waals surface area contributed by atoms with Gasteiger partial charge in [0.1, 0.15) is 17.4 Å². The van der Waals surface area contributed by atoms with Gasteiger partial charge in [0.25, 0.3) is 0 Å². The van der Waals surface area contributed by atoms with Crippen molar-refractivity contribution in [2.45, 2.75) is 68.5 Å². The van der Waals surface area contributed by atoms with Gasteiger partial charge in [0, 0.05) is 17.6 Å². The molecular formula is C25H31F3N2O3S. The first-order chi connectivity index (χ1) is 16.3. The van der Waals surface area contributed by atoms with E-state index < -0.39 is 34.4 Å². The van der Waals surface area contributed by atoms with Crippen molar-refractivity contribution in [3.8, 4) is 5.75 Å². The summed E-state index contributed by atoms with van der Waals surface area (Å²) in [5, 5.41) is 3.06. The van der Waals surface area contributed by atoms with E-state index in [2.05, 4.69) is 5.32 Å². The number of halogens is 3. The number of hydrogen-bond acceptors (Lipinski definition) is 4. The lowest BCUT2D eigenvalue weighted by atomic mass is 9.90. The summed E-state index contributed by atoms with van der Waals surface area (Å²) >= 11 is 0. The van der Waals surface area contributed by atoms with Crippen molar-refractivity contribution in [1.29, 1.82) is 0 Å². The second-order valence-electron chi connectivity index (χ2n) is 9.17. The zero-order valence-corrected chi connectivity index (χ0v) is 20.3. The molecule has 9 heteroatoms. The number of benzene rings is 2. The summed E-state index contributed by atoms with van der Waals surface area (Å²) in [5.41, 5.74) is 0.676. The molecule has 0 aliphatic carbocycles. The molecule has 0 amide bonds. The lowest BCUT2D eigenvalue weighted by Crippen LogP contribution is -2.46. The third-order valence-corrected chi connectivity index (χ3v) is 9.10. The summed E-state index contributed by atoms with van der Waals surface area (Å²) in [6.07, 6.45) is 3.79. The molecule has 0 spiro atoms. The molecule has 2 aromatic carbocycles. The van der Waals surface area contributed by atoms with Crippen LogP contribution in [0.3, 0.4) is 0 Å². The highest BCUT2D eigenvalue weighted by atomic mass is 32.2. The van der Waals surface area contributed by atoms with Gasteiger partial charge < -0.3 is 10.1 Å². The van der Waals surface area contributed by atoms with Crippen molar-refractivity contribution in [3.05, 3.63) is 53.6 Å². The van der Waals surface area contributed by atoms with Crippen molar-refractivity contribution in [1.82, 2.24) is 4.31 Å². The van der Waals surface area contributed by atoms with Crippen LogP contribution in [-0.2, 0) is 10.0 Å². The van der Waals surface area contributed by atoms with Gasteiger partial charge in [-0.1, -0.05) is 6.92 Å². The van der Waals surface area contributed by atoms with Gasteiger partial charge in [-0.05, 0) is 80.8 Å². The highest BCUT2D eigenvalue weighted by molar-refractivity contribution is 7.89. The minimum atomic E-state index is -3.88. The largest absolute Gasteiger partial charge is 0.496 e. The van der Waals surface area contributed by atoms with Crippen LogP contribution < -0.4 is 10.1 Å². The third kappa shape index (κ3) is 4.77. The second-order valence-corrected chi connectivity index (χ2v) is 11.0. The Balaban J connectivity index is 1.56. The number of alkyl halides is 1. The van der Waals surface area contributed by atoms with Crippen molar-refractivity contribution in [2.24, 2.45) is 5.92 Å². The van der Waals surface area contributed by atoms with E-state index >= 15 is 4.39 Å². The number of rotatable bonds is 9. The molecule has 4 rings (SSSR count). The molecule has 0 radical (unpaired) electrons. The quantitative estimate of drug-likeness (QED) is 0.475. The highest BCUT2D eigenvalue weighted by Crippen LogP contribution is 2.43. The number of piperidine rings is 1. The predicted molar refractivity (Wildman–Crippen MR) is 125 cm³/mol. The Labute approximate surface area is 199 Å². The molecular weight excluding hydrogens is 465 g/mol. The van der Waals surface area contributed by atoms with Gasteiger partial charge >= 0.3 is 0 Å². The van der Waals surface area contributed by atoms with Crippen LogP contribution >= 0.6 is 0 Å². The molecule has 186 valence electrons. The minimum absolute atomic E-state index is 0.0900. The number of nitrogens with one attached hydrogen (secondary N) is 1. The van der Waals surface area contributed by atoms with E-state index in [1.807, 2.05) is 6.92 Å². The van der Waals surface area contributed by atoms with Crippen molar-refractivity contribution in [3.63, 3.8) is 0 Å². The summed E-state index contributed by atoms with van der Waals surface area (Å²) in [5.74, 6) is -0.451. The van der Waals surface area contributed by atoms with Crippen LogP contribution in [0.5, 0.6) is 5.75 Å². The molecule has 5 nitrogen and oxygen atoms in total. The molecule has 1 N–H and O–H groups in total. The van der Waals surface area contributed by atoms with Crippen LogP contribution in [-0.4, -0.2) is 38.6 Å². The molecule has 2 saturated heterocycles. The monoisotopic (exact) mass is 496 g/mol. The standard InChI is InChI=1S/C25H31F3N2O3S/c1-3-23(21-14-17(27)4-9-25(21)33-2)29-24-8-7-20(15-22(24)28)34(31,32)30-18-5-6-19(30)13-16(12-18)10-11-26/h4,7-9,14-16,18-19,23,29H,3,5-6,10-13H2,1-2H3. The molecule has 3 atom stereocenters.